The van der Waals surface area contributed by atoms with Gasteiger partial charge in [0.1, 0.15) is 0 Å². The van der Waals surface area contributed by atoms with Crippen LogP contribution in [-0.2, 0) is 70.7 Å². The van der Waals surface area contributed by atoms with Crippen LogP contribution in [0.1, 0.15) is 77.6 Å². The van der Waals surface area contributed by atoms with E-state index in [1.165, 1.54) is 44.9 Å². The molecular formula is C41H83O17P. The monoisotopic (exact) mass is 879 g/mol. The molecule has 0 aromatic heterocycles. The van der Waals surface area contributed by atoms with Crippen molar-refractivity contribution in [2.24, 2.45) is 0 Å². The van der Waals surface area contributed by atoms with E-state index >= 15 is 0 Å². The molecule has 0 aliphatic heterocycles. The standard InChI is InChI=1S/C41H83O17P/c1-3-5-6-7-8-9-10-11-12-13-14-41(58-59(42,43)44)40-57-39-38-56-37-36-55-35-34-54-33-32-53-31-30-52-29-28-51-27-26-50-25-24-49-23-22-48-21-20-47-19-18-46-17-16-45-15-4-2/h4,41H,2-3,5-40H2,1H3,(H2,42,43,44). The average molecular weight is 879 g/mol. The number of phosphoric acid groups is 1. The van der Waals surface area contributed by atoms with Crippen molar-refractivity contribution in [3.63, 3.8) is 0 Å². The molecule has 59 heavy (non-hydrogen) atoms. The van der Waals surface area contributed by atoms with Gasteiger partial charge in [-0.1, -0.05) is 77.2 Å². The second-order valence-electron chi connectivity index (χ2n) is 13.4. The topological polar surface area (TPSA) is 187 Å². The Balaban J connectivity index is 3.31. The Bertz CT molecular complexity index is 857. The fourth-order valence-electron chi connectivity index (χ4n) is 5.14. The van der Waals surface area contributed by atoms with Gasteiger partial charge < -0.3 is 71.4 Å². The number of unbranched alkanes of at least 4 members (excludes halogenated alkanes) is 9. The Hall–Kier alpha value is -0.670. The van der Waals surface area contributed by atoms with Crippen molar-refractivity contribution in [2.75, 3.05) is 172 Å². The van der Waals surface area contributed by atoms with Crippen LogP contribution in [0, 0.1) is 0 Å². The van der Waals surface area contributed by atoms with E-state index in [9.17, 15) is 14.4 Å². The molecule has 0 spiro atoms. The van der Waals surface area contributed by atoms with Gasteiger partial charge in [-0.05, 0) is 6.42 Å². The van der Waals surface area contributed by atoms with Crippen molar-refractivity contribution in [3.8, 4) is 0 Å². The maximum absolute atomic E-state index is 11.4. The lowest BCUT2D eigenvalue weighted by Gasteiger charge is -2.18. The van der Waals surface area contributed by atoms with Gasteiger partial charge in [-0.3, -0.25) is 4.52 Å². The summed E-state index contributed by atoms with van der Waals surface area (Å²) >= 11 is 0. The smallest absolute Gasteiger partial charge is 0.377 e. The third-order valence-electron chi connectivity index (χ3n) is 8.17. The minimum Gasteiger partial charge on any atom is -0.377 e. The predicted octanol–water partition coefficient (Wildman–Crippen LogP) is 5.18. The highest BCUT2D eigenvalue weighted by Crippen LogP contribution is 2.38. The third-order valence-corrected chi connectivity index (χ3v) is 8.74. The highest BCUT2D eigenvalue weighted by Gasteiger charge is 2.22. The second kappa shape index (κ2) is 50.0. The summed E-state index contributed by atoms with van der Waals surface area (Å²) in [6.07, 6.45) is 13.6. The Morgan fingerprint density at radius 1 is 0.407 bits per heavy atom. The highest BCUT2D eigenvalue weighted by atomic mass is 31.2. The van der Waals surface area contributed by atoms with Crippen molar-refractivity contribution in [1.29, 1.82) is 0 Å². The van der Waals surface area contributed by atoms with Gasteiger partial charge >= 0.3 is 7.82 Å². The summed E-state index contributed by atoms with van der Waals surface area (Å²) in [6.45, 7) is 17.8. The number of hydrogen-bond acceptors (Lipinski definition) is 15. The molecule has 354 valence electrons. The lowest BCUT2D eigenvalue weighted by Crippen LogP contribution is -2.21. The van der Waals surface area contributed by atoms with Crippen LogP contribution < -0.4 is 0 Å². The Kier molecular flexibility index (Phi) is 49.4. The lowest BCUT2D eigenvalue weighted by molar-refractivity contribution is -0.0303. The minimum absolute atomic E-state index is 0.115. The number of ether oxygens (including phenoxy) is 13. The van der Waals surface area contributed by atoms with E-state index in [1.54, 1.807) is 6.08 Å². The van der Waals surface area contributed by atoms with Gasteiger partial charge in [-0.2, -0.15) is 0 Å². The molecule has 0 fully saturated rings. The van der Waals surface area contributed by atoms with Crippen LogP contribution in [0.25, 0.3) is 0 Å². The van der Waals surface area contributed by atoms with Gasteiger partial charge in [0.25, 0.3) is 0 Å². The van der Waals surface area contributed by atoms with E-state index in [-0.39, 0.29) is 6.61 Å². The van der Waals surface area contributed by atoms with Gasteiger partial charge in [0, 0.05) is 0 Å². The third kappa shape index (κ3) is 53.4. The molecule has 1 unspecified atom stereocenters. The first kappa shape index (κ1) is 58.3. The van der Waals surface area contributed by atoms with Crippen LogP contribution >= 0.6 is 7.82 Å². The molecule has 0 heterocycles. The zero-order chi connectivity index (χ0) is 42.8. The van der Waals surface area contributed by atoms with Crippen LogP contribution in [0.4, 0.5) is 0 Å². The summed E-state index contributed by atoms with van der Waals surface area (Å²) < 4.78 is 87.3. The predicted molar refractivity (Wildman–Crippen MR) is 224 cm³/mol. The summed E-state index contributed by atoms with van der Waals surface area (Å²) in [4.78, 5) is 18.5. The van der Waals surface area contributed by atoms with Crippen molar-refractivity contribution < 1.29 is 80.5 Å². The molecule has 0 bridgehead atoms. The van der Waals surface area contributed by atoms with Crippen molar-refractivity contribution in [2.45, 2.75) is 83.7 Å². The average Bonchev–Trinajstić information content (AvgIpc) is 3.21. The normalized spacial score (nSPS) is 12.5. The van der Waals surface area contributed by atoms with Gasteiger partial charge in [0.2, 0.25) is 0 Å². The number of rotatable bonds is 53. The fraction of sp³-hybridized carbons (Fsp3) is 0.951. The van der Waals surface area contributed by atoms with Gasteiger partial charge in [0.05, 0.1) is 178 Å². The van der Waals surface area contributed by atoms with E-state index in [0.717, 1.165) is 19.3 Å². The first-order valence-electron chi connectivity index (χ1n) is 21.8. The number of phosphoric ester groups is 1. The minimum atomic E-state index is -4.57. The summed E-state index contributed by atoms with van der Waals surface area (Å²) in [5.41, 5.74) is 0. The molecule has 17 nitrogen and oxygen atoms in total. The SMILES string of the molecule is C=CCOCCOCCOCCOCCOCCOCCOCCOCCOCCOCCOCCOCCOCC(CCCCCCCCCCCC)OP(=O)(O)O. The molecule has 0 amide bonds. The van der Waals surface area contributed by atoms with Gasteiger partial charge in [-0.25, -0.2) is 4.57 Å². The molecule has 2 N–H and O–H groups in total. The van der Waals surface area contributed by atoms with E-state index in [1.807, 2.05) is 0 Å². The van der Waals surface area contributed by atoms with Crippen LogP contribution in [0.3, 0.4) is 0 Å². The Labute approximate surface area is 355 Å². The zero-order valence-corrected chi connectivity index (χ0v) is 37.4. The summed E-state index contributed by atoms with van der Waals surface area (Å²) in [5.74, 6) is 0. The number of hydrogen-bond donors (Lipinski definition) is 2. The molecule has 0 aromatic carbocycles. The zero-order valence-electron chi connectivity index (χ0n) is 36.5. The Morgan fingerprint density at radius 3 is 0.932 bits per heavy atom. The van der Waals surface area contributed by atoms with Crippen molar-refractivity contribution in [3.05, 3.63) is 12.7 Å². The van der Waals surface area contributed by atoms with Crippen molar-refractivity contribution in [1.82, 2.24) is 0 Å². The first-order chi connectivity index (χ1) is 29.0. The van der Waals surface area contributed by atoms with Crippen LogP contribution in [0.2, 0.25) is 0 Å². The van der Waals surface area contributed by atoms with Crippen LogP contribution in [-0.4, -0.2) is 188 Å². The summed E-state index contributed by atoms with van der Waals surface area (Å²) in [5, 5.41) is 0. The molecule has 0 aliphatic carbocycles. The van der Waals surface area contributed by atoms with Crippen LogP contribution in [0.15, 0.2) is 12.7 Å². The van der Waals surface area contributed by atoms with Crippen LogP contribution in [0.5, 0.6) is 0 Å². The molecular weight excluding hydrogens is 795 g/mol. The van der Waals surface area contributed by atoms with E-state index in [4.69, 9.17) is 66.1 Å². The maximum Gasteiger partial charge on any atom is 0.469 e. The molecule has 0 radical (unpaired) electrons. The molecule has 0 aliphatic rings. The van der Waals surface area contributed by atoms with Crippen molar-refractivity contribution >= 4 is 7.82 Å². The maximum atomic E-state index is 11.4. The first-order valence-corrected chi connectivity index (χ1v) is 23.4. The molecule has 0 aromatic rings. The largest absolute Gasteiger partial charge is 0.469 e. The van der Waals surface area contributed by atoms with Gasteiger partial charge in [-0.15, -0.1) is 6.58 Å². The fourth-order valence-corrected chi connectivity index (χ4v) is 5.69. The molecule has 0 rings (SSSR count). The molecule has 18 heteroatoms. The molecule has 0 saturated heterocycles. The highest BCUT2D eigenvalue weighted by molar-refractivity contribution is 7.46. The summed E-state index contributed by atoms with van der Waals surface area (Å²) in [6, 6.07) is 0. The van der Waals surface area contributed by atoms with E-state index < -0.39 is 13.9 Å². The quantitative estimate of drug-likeness (QED) is 0.0462. The second-order valence-corrected chi connectivity index (χ2v) is 14.6. The summed E-state index contributed by atoms with van der Waals surface area (Å²) in [7, 11) is -4.57. The lowest BCUT2D eigenvalue weighted by atomic mass is 10.0. The molecule has 0 saturated carbocycles. The van der Waals surface area contributed by atoms with E-state index in [0.29, 0.717) is 172 Å². The van der Waals surface area contributed by atoms with Gasteiger partial charge in [0.15, 0.2) is 0 Å². The Morgan fingerprint density at radius 2 is 0.661 bits per heavy atom. The van der Waals surface area contributed by atoms with E-state index in [2.05, 4.69) is 13.5 Å². The molecule has 1 atom stereocenters.